The summed E-state index contributed by atoms with van der Waals surface area (Å²) in [5.41, 5.74) is 0.655. The van der Waals surface area contributed by atoms with E-state index in [4.69, 9.17) is 9.47 Å². The van der Waals surface area contributed by atoms with Crippen LogP contribution < -0.4 is 4.74 Å². The molecule has 3 rings (SSSR count). The molecule has 0 saturated carbocycles. The maximum atomic E-state index is 12.6. The number of likely N-dealkylation sites (tertiary alicyclic amines) is 1. The van der Waals surface area contributed by atoms with E-state index in [0.717, 1.165) is 18.6 Å². The van der Waals surface area contributed by atoms with E-state index in [1.165, 1.54) is 0 Å². The van der Waals surface area contributed by atoms with Gasteiger partial charge in [-0.05, 0) is 56.4 Å². The van der Waals surface area contributed by atoms with E-state index in [0.29, 0.717) is 38.3 Å². The molecule has 2 aliphatic rings. The number of amides is 1. The molecule has 1 aromatic rings. The van der Waals surface area contributed by atoms with Crippen molar-refractivity contribution in [2.24, 2.45) is 11.8 Å². The number of benzene rings is 1. The van der Waals surface area contributed by atoms with Crippen LogP contribution in [0, 0.1) is 11.8 Å². The van der Waals surface area contributed by atoms with E-state index in [9.17, 15) is 14.7 Å². The number of rotatable bonds is 5. The Bertz CT molecular complexity index is 607. The maximum Gasteiger partial charge on any atom is 0.309 e. The standard InChI is InChI=1S/C19H25NO5/c1-2-24-15-5-3-14(4-6-15)18(21)20-10-7-13(8-11-20)17-16(19(22)23)9-12-25-17/h3-6,13,16-17H,2,7-12H2,1H3,(H,22,23)/t16?,17-/m0/s1. The van der Waals surface area contributed by atoms with Crippen molar-refractivity contribution in [1.82, 2.24) is 4.90 Å². The van der Waals surface area contributed by atoms with Crippen LogP contribution in [0.5, 0.6) is 5.75 Å². The number of hydrogen-bond acceptors (Lipinski definition) is 4. The number of aliphatic carboxylic acids is 1. The van der Waals surface area contributed by atoms with Crippen molar-refractivity contribution in [2.45, 2.75) is 32.3 Å². The third kappa shape index (κ3) is 3.95. The molecule has 1 aromatic carbocycles. The molecule has 25 heavy (non-hydrogen) atoms. The van der Waals surface area contributed by atoms with Crippen LogP contribution in [0.3, 0.4) is 0 Å². The highest BCUT2D eigenvalue weighted by Crippen LogP contribution is 2.33. The van der Waals surface area contributed by atoms with Gasteiger partial charge in [-0.3, -0.25) is 9.59 Å². The molecule has 0 aromatic heterocycles. The summed E-state index contributed by atoms with van der Waals surface area (Å²) in [6.07, 6.45) is 1.96. The van der Waals surface area contributed by atoms with Gasteiger partial charge in [0.15, 0.2) is 0 Å². The van der Waals surface area contributed by atoms with Gasteiger partial charge in [0.05, 0.1) is 18.6 Å². The molecule has 0 radical (unpaired) electrons. The van der Waals surface area contributed by atoms with Gasteiger partial charge >= 0.3 is 5.97 Å². The van der Waals surface area contributed by atoms with Crippen molar-refractivity contribution < 1.29 is 24.2 Å². The van der Waals surface area contributed by atoms with E-state index >= 15 is 0 Å². The van der Waals surface area contributed by atoms with Crippen molar-refractivity contribution in [2.75, 3.05) is 26.3 Å². The average molecular weight is 347 g/mol. The number of hydrogen-bond donors (Lipinski definition) is 1. The first-order valence-electron chi connectivity index (χ1n) is 8.96. The second-order valence-corrected chi connectivity index (χ2v) is 6.66. The lowest BCUT2D eigenvalue weighted by Gasteiger charge is -2.35. The third-order valence-corrected chi connectivity index (χ3v) is 5.16. The summed E-state index contributed by atoms with van der Waals surface area (Å²) in [7, 11) is 0. The zero-order chi connectivity index (χ0) is 17.8. The normalized spacial score (nSPS) is 24.3. The van der Waals surface area contributed by atoms with E-state index in [1.54, 1.807) is 12.1 Å². The lowest BCUT2D eigenvalue weighted by Crippen LogP contribution is -2.43. The highest BCUT2D eigenvalue weighted by atomic mass is 16.5. The number of ether oxygens (including phenoxy) is 2. The van der Waals surface area contributed by atoms with Crippen molar-refractivity contribution in [3.05, 3.63) is 29.8 Å². The number of nitrogens with zero attached hydrogens (tertiary/aromatic N) is 1. The summed E-state index contributed by atoms with van der Waals surface area (Å²) >= 11 is 0. The van der Waals surface area contributed by atoms with Gasteiger partial charge < -0.3 is 19.5 Å². The Balaban J connectivity index is 1.56. The van der Waals surface area contributed by atoms with Gasteiger partial charge in [-0.1, -0.05) is 0 Å². The minimum atomic E-state index is -0.768. The fourth-order valence-electron chi connectivity index (χ4n) is 3.81. The zero-order valence-electron chi connectivity index (χ0n) is 14.5. The fourth-order valence-corrected chi connectivity index (χ4v) is 3.81. The molecule has 1 amide bonds. The summed E-state index contributed by atoms with van der Waals surface area (Å²) in [6, 6.07) is 7.21. The molecule has 6 nitrogen and oxygen atoms in total. The molecule has 0 spiro atoms. The summed E-state index contributed by atoms with van der Waals surface area (Å²) in [5, 5.41) is 9.31. The van der Waals surface area contributed by atoms with Crippen molar-refractivity contribution in [1.29, 1.82) is 0 Å². The molecule has 1 unspecified atom stereocenters. The first-order valence-corrected chi connectivity index (χ1v) is 8.96. The summed E-state index contributed by atoms with van der Waals surface area (Å²) < 4.78 is 11.1. The molecule has 2 saturated heterocycles. The number of carboxylic acid groups (broad SMARTS) is 1. The van der Waals surface area contributed by atoms with E-state index in [-0.39, 0.29) is 17.9 Å². The topological polar surface area (TPSA) is 76.1 Å². The van der Waals surface area contributed by atoms with Gasteiger partial charge in [-0.15, -0.1) is 0 Å². The van der Waals surface area contributed by atoms with E-state index < -0.39 is 11.9 Å². The lowest BCUT2D eigenvalue weighted by atomic mass is 9.84. The van der Waals surface area contributed by atoms with Crippen LogP contribution in [0.4, 0.5) is 0 Å². The molecule has 2 heterocycles. The Kier molecular flexibility index (Phi) is 5.58. The van der Waals surface area contributed by atoms with Crippen LogP contribution in [0.15, 0.2) is 24.3 Å². The molecule has 2 fully saturated rings. The molecule has 6 heteroatoms. The van der Waals surface area contributed by atoms with Crippen LogP contribution in [-0.4, -0.2) is 54.3 Å². The van der Waals surface area contributed by atoms with Crippen molar-refractivity contribution in [3.63, 3.8) is 0 Å². The van der Waals surface area contributed by atoms with Gasteiger partial charge in [-0.2, -0.15) is 0 Å². The first kappa shape index (κ1) is 17.7. The number of carboxylic acids is 1. The van der Waals surface area contributed by atoms with Gasteiger partial charge in [0.2, 0.25) is 0 Å². The number of carbonyl (C=O) groups excluding carboxylic acids is 1. The highest BCUT2D eigenvalue weighted by molar-refractivity contribution is 5.94. The van der Waals surface area contributed by atoms with Crippen LogP contribution in [0.2, 0.25) is 0 Å². The van der Waals surface area contributed by atoms with Crippen molar-refractivity contribution in [3.8, 4) is 5.75 Å². The van der Waals surface area contributed by atoms with Gasteiger partial charge in [0.25, 0.3) is 5.91 Å². The molecule has 2 atom stereocenters. The van der Waals surface area contributed by atoms with Crippen LogP contribution in [0.1, 0.15) is 36.5 Å². The number of piperidine rings is 1. The van der Waals surface area contributed by atoms with Crippen LogP contribution in [-0.2, 0) is 9.53 Å². The smallest absolute Gasteiger partial charge is 0.309 e. The predicted molar refractivity (Wildman–Crippen MR) is 91.7 cm³/mol. The minimum absolute atomic E-state index is 0.0172. The Labute approximate surface area is 147 Å². The lowest BCUT2D eigenvalue weighted by molar-refractivity contribution is -0.145. The second-order valence-electron chi connectivity index (χ2n) is 6.66. The molecule has 136 valence electrons. The third-order valence-electron chi connectivity index (χ3n) is 5.16. The Morgan fingerprint density at radius 1 is 1.20 bits per heavy atom. The van der Waals surface area contributed by atoms with Crippen LogP contribution in [0.25, 0.3) is 0 Å². The Morgan fingerprint density at radius 2 is 1.88 bits per heavy atom. The fraction of sp³-hybridized carbons (Fsp3) is 0.579. The van der Waals surface area contributed by atoms with Crippen LogP contribution >= 0.6 is 0 Å². The maximum absolute atomic E-state index is 12.6. The van der Waals surface area contributed by atoms with E-state index in [2.05, 4.69) is 0 Å². The molecule has 0 bridgehead atoms. The molecule has 0 aliphatic carbocycles. The molecule has 1 N–H and O–H groups in total. The number of carbonyl (C=O) groups is 2. The zero-order valence-corrected chi connectivity index (χ0v) is 14.5. The SMILES string of the molecule is CCOc1ccc(C(=O)N2CCC([C@@H]3OCCC3C(=O)O)CC2)cc1. The largest absolute Gasteiger partial charge is 0.494 e. The second kappa shape index (κ2) is 7.87. The first-order chi connectivity index (χ1) is 12.1. The average Bonchev–Trinajstić information content (AvgIpc) is 3.12. The summed E-state index contributed by atoms with van der Waals surface area (Å²) in [6.45, 7) is 4.33. The van der Waals surface area contributed by atoms with Gasteiger partial charge in [0, 0.05) is 25.3 Å². The van der Waals surface area contributed by atoms with Crippen molar-refractivity contribution >= 4 is 11.9 Å². The Morgan fingerprint density at radius 3 is 2.48 bits per heavy atom. The van der Waals surface area contributed by atoms with Gasteiger partial charge in [-0.25, -0.2) is 0 Å². The minimum Gasteiger partial charge on any atom is -0.494 e. The Hall–Kier alpha value is -2.08. The summed E-state index contributed by atoms with van der Waals surface area (Å²) in [4.78, 5) is 25.8. The van der Waals surface area contributed by atoms with Gasteiger partial charge in [0.1, 0.15) is 5.75 Å². The molecule has 2 aliphatic heterocycles. The van der Waals surface area contributed by atoms with E-state index in [1.807, 2.05) is 24.0 Å². The quantitative estimate of drug-likeness (QED) is 0.885. The highest BCUT2D eigenvalue weighted by Gasteiger charge is 2.40. The molecular formula is C19H25NO5. The monoisotopic (exact) mass is 347 g/mol. The predicted octanol–water partition coefficient (Wildman–Crippen LogP) is 2.43. The summed E-state index contributed by atoms with van der Waals surface area (Å²) in [5.74, 6) is -0.179. The molecular weight excluding hydrogens is 322 g/mol.